The number of thioether (sulfide) groups is 1. The van der Waals surface area contributed by atoms with Gasteiger partial charge in [-0.25, -0.2) is 0 Å². The minimum Gasteiger partial charge on any atom is -0.296 e. The van der Waals surface area contributed by atoms with Gasteiger partial charge < -0.3 is 0 Å². The molecule has 1 aromatic heterocycles. The number of halogens is 2. The quantitative estimate of drug-likeness (QED) is 0.755. The maximum atomic E-state index is 12.2. The highest BCUT2D eigenvalue weighted by Crippen LogP contribution is 2.25. The Morgan fingerprint density at radius 3 is 2.68 bits per heavy atom. The van der Waals surface area contributed by atoms with Gasteiger partial charge >= 0.3 is 0 Å². The molecule has 0 fully saturated rings. The molecular formula is C14H15F2N3OS2. The predicted octanol–water partition coefficient (Wildman–Crippen LogP) is 4.45. The maximum Gasteiger partial charge on any atom is 0.288 e. The summed E-state index contributed by atoms with van der Waals surface area (Å²) in [6.07, 6.45) is 2.96. The lowest BCUT2D eigenvalue weighted by atomic mass is 10.2. The zero-order valence-corrected chi connectivity index (χ0v) is 13.5. The molecule has 1 heterocycles. The van der Waals surface area contributed by atoms with Crippen molar-refractivity contribution in [3.05, 3.63) is 34.8 Å². The van der Waals surface area contributed by atoms with Crippen LogP contribution in [-0.4, -0.2) is 21.9 Å². The van der Waals surface area contributed by atoms with Crippen LogP contribution in [0.5, 0.6) is 0 Å². The van der Waals surface area contributed by atoms with Crippen molar-refractivity contribution in [2.24, 2.45) is 0 Å². The SMILES string of the molecule is CCCCc1nnc(NC(=O)c2ccc(SC(F)F)cc2)s1. The van der Waals surface area contributed by atoms with Gasteiger partial charge in [0.2, 0.25) is 5.13 Å². The van der Waals surface area contributed by atoms with Crippen molar-refractivity contribution in [1.82, 2.24) is 10.2 Å². The van der Waals surface area contributed by atoms with Gasteiger partial charge in [-0.3, -0.25) is 10.1 Å². The van der Waals surface area contributed by atoms with Crippen LogP contribution >= 0.6 is 23.1 Å². The number of hydrogen-bond donors (Lipinski definition) is 1. The standard InChI is InChI=1S/C14H15F2N3OS2/c1-2-3-4-11-18-19-14(22-11)17-12(20)9-5-7-10(8-6-9)21-13(15)16/h5-8,13H,2-4H2,1H3,(H,17,19,20). The molecule has 1 amide bonds. The lowest BCUT2D eigenvalue weighted by Gasteiger charge is -2.03. The number of rotatable bonds is 7. The molecule has 0 radical (unpaired) electrons. The van der Waals surface area contributed by atoms with Gasteiger partial charge in [0.15, 0.2) is 0 Å². The van der Waals surface area contributed by atoms with Crippen molar-refractivity contribution in [3.63, 3.8) is 0 Å². The second-order valence-corrected chi connectivity index (χ2v) is 6.59. The molecule has 0 saturated heterocycles. The Morgan fingerprint density at radius 1 is 1.32 bits per heavy atom. The van der Waals surface area contributed by atoms with E-state index in [1.165, 1.54) is 35.6 Å². The fourth-order valence-corrected chi connectivity index (χ4v) is 2.97. The van der Waals surface area contributed by atoms with Crippen molar-refractivity contribution < 1.29 is 13.6 Å². The molecule has 0 saturated carbocycles. The van der Waals surface area contributed by atoms with Gasteiger partial charge in [-0.2, -0.15) is 8.78 Å². The molecular weight excluding hydrogens is 328 g/mol. The van der Waals surface area contributed by atoms with Gasteiger partial charge in [0, 0.05) is 16.9 Å². The summed E-state index contributed by atoms with van der Waals surface area (Å²) in [7, 11) is 0. The van der Waals surface area contributed by atoms with E-state index >= 15 is 0 Å². The number of alkyl halides is 2. The van der Waals surface area contributed by atoms with Gasteiger partial charge in [0.05, 0.1) is 0 Å². The van der Waals surface area contributed by atoms with Crippen molar-refractivity contribution in [3.8, 4) is 0 Å². The van der Waals surface area contributed by atoms with E-state index in [-0.39, 0.29) is 5.91 Å². The number of hydrogen-bond acceptors (Lipinski definition) is 5. The summed E-state index contributed by atoms with van der Waals surface area (Å²) in [5.41, 5.74) is 0.393. The molecule has 4 nitrogen and oxygen atoms in total. The number of aryl methyl sites for hydroxylation is 1. The van der Waals surface area contributed by atoms with Crippen LogP contribution in [-0.2, 0) is 6.42 Å². The summed E-state index contributed by atoms with van der Waals surface area (Å²) in [4.78, 5) is 12.5. The zero-order valence-electron chi connectivity index (χ0n) is 11.9. The first-order chi connectivity index (χ1) is 10.6. The van der Waals surface area contributed by atoms with Crippen LogP contribution in [0.3, 0.4) is 0 Å². The normalized spacial score (nSPS) is 10.9. The van der Waals surface area contributed by atoms with Crippen molar-refractivity contribution in [2.45, 2.75) is 36.8 Å². The second kappa shape index (κ2) is 8.19. The van der Waals surface area contributed by atoms with E-state index in [0.29, 0.717) is 27.4 Å². The first-order valence-corrected chi connectivity index (χ1v) is 8.46. The number of benzene rings is 1. The van der Waals surface area contributed by atoms with Gasteiger partial charge in [0.1, 0.15) is 5.01 Å². The van der Waals surface area contributed by atoms with Crippen LogP contribution in [0.15, 0.2) is 29.2 Å². The average molecular weight is 343 g/mol. The predicted molar refractivity (Wildman–Crippen MR) is 84.8 cm³/mol. The van der Waals surface area contributed by atoms with E-state index in [1.54, 1.807) is 0 Å². The Kier molecular flexibility index (Phi) is 6.26. The topological polar surface area (TPSA) is 54.9 Å². The molecule has 1 aromatic carbocycles. The number of aromatic nitrogens is 2. The highest BCUT2D eigenvalue weighted by molar-refractivity contribution is 7.99. The highest BCUT2D eigenvalue weighted by atomic mass is 32.2. The molecule has 0 bridgehead atoms. The van der Waals surface area contributed by atoms with E-state index in [9.17, 15) is 13.6 Å². The number of carbonyl (C=O) groups excluding carboxylic acids is 1. The molecule has 0 atom stereocenters. The van der Waals surface area contributed by atoms with Gasteiger partial charge in [-0.05, 0) is 30.7 Å². The van der Waals surface area contributed by atoms with Crippen LogP contribution in [0.25, 0.3) is 0 Å². The first kappa shape index (κ1) is 16.8. The lowest BCUT2D eigenvalue weighted by molar-refractivity contribution is 0.102. The largest absolute Gasteiger partial charge is 0.296 e. The number of carbonyl (C=O) groups is 1. The summed E-state index contributed by atoms with van der Waals surface area (Å²) < 4.78 is 24.5. The molecule has 8 heteroatoms. The Balaban J connectivity index is 1.95. The summed E-state index contributed by atoms with van der Waals surface area (Å²) >= 11 is 1.80. The molecule has 2 aromatic rings. The minimum atomic E-state index is -2.47. The molecule has 0 spiro atoms. The fourth-order valence-electron chi connectivity index (χ4n) is 1.69. The smallest absolute Gasteiger partial charge is 0.288 e. The fraction of sp³-hybridized carbons (Fsp3) is 0.357. The molecule has 0 aliphatic carbocycles. The monoisotopic (exact) mass is 343 g/mol. The Bertz CT molecular complexity index is 617. The maximum absolute atomic E-state index is 12.2. The summed E-state index contributed by atoms with van der Waals surface area (Å²) in [6.45, 7) is 2.10. The molecule has 118 valence electrons. The van der Waals surface area contributed by atoms with Crippen molar-refractivity contribution >= 4 is 34.1 Å². The third-order valence-electron chi connectivity index (χ3n) is 2.77. The summed E-state index contributed by atoms with van der Waals surface area (Å²) in [6, 6.07) is 6.02. The molecule has 1 N–H and O–H groups in total. The van der Waals surface area contributed by atoms with E-state index in [0.717, 1.165) is 24.3 Å². The van der Waals surface area contributed by atoms with E-state index in [4.69, 9.17) is 0 Å². The number of nitrogens with one attached hydrogen (secondary N) is 1. The van der Waals surface area contributed by atoms with Crippen LogP contribution in [0, 0.1) is 0 Å². The van der Waals surface area contributed by atoms with Crippen LogP contribution in [0.2, 0.25) is 0 Å². The molecule has 22 heavy (non-hydrogen) atoms. The Hall–Kier alpha value is -1.54. The first-order valence-electron chi connectivity index (χ1n) is 6.77. The number of nitrogens with zero attached hydrogens (tertiary/aromatic N) is 2. The van der Waals surface area contributed by atoms with E-state index in [1.807, 2.05) is 0 Å². The highest BCUT2D eigenvalue weighted by Gasteiger charge is 2.11. The Labute approximate surface area is 135 Å². The number of unbranched alkanes of at least 4 members (excludes halogenated alkanes) is 1. The zero-order chi connectivity index (χ0) is 15.9. The van der Waals surface area contributed by atoms with Gasteiger partial charge in [0.25, 0.3) is 11.7 Å². The van der Waals surface area contributed by atoms with Crippen LogP contribution in [0.1, 0.15) is 35.1 Å². The molecule has 0 aliphatic rings. The third kappa shape index (κ3) is 5.03. The van der Waals surface area contributed by atoms with Gasteiger partial charge in [-0.15, -0.1) is 10.2 Å². The molecule has 2 rings (SSSR count). The van der Waals surface area contributed by atoms with Crippen molar-refractivity contribution in [2.75, 3.05) is 5.32 Å². The van der Waals surface area contributed by atoms with Crippen molar-refractivity contribution in [1.29, 1.82) is 0 Å². The van der Waals surface area contributed by atoms with Gasteiger partial charge in [-0.1, -0.05) is 36.4 Å². The third-order valence-corrected chi connectivity index (χ3v) is 4.39. The van der Waals surface area contributed by atoms with Crippen LogP contribution < -0.4 is 5.32 Å². The lowest BCUT2D eigenvalue weighted by Crippen LogP contribution is -2.11. The van der Waals surface area contributed by atoms with E-state index in [2.05, 4.69) is 22.4 Å². The summed E-state index contributed by atoms with van der Waals surface area (Å²) in [5.74, 6) is -2.80. The van der Waals surface area contributed by atoms with Crippen LogP contribution in [0.4, 0.5) is 13.9 Å². The second-order valence-electron chi connectivity index (χ2n) is 4.46. The van der Waals surface area contributed by atoms with E-state index < -0.39 is 5.76 Å². The number of amides is 1. The minimum absolute atomic E-state index is 0.327. The molecule has 0 aliphatic heterocycles. The number of anilines is 1. The summed E-state index contributed by atoms with van der Waals surface area (Å²) in [5, 5.41) is 11.9. The average Bonchev–Trinajstić information content (AvgIpc) is 2.92. The Morgan fingerprint density at radius 2 is 2.05 bits per heavy atom. The molecule has 0 unspecified atom stereocenters.